The van der Waals surface area contributed by atoms with Crippen molar-refractivity contribution in [3.63, 3.8) is 0 Å². The third-order valence-corrected chi connectivity index (χ3v) is 7.63. The van der Waals surface area contributed by atoms with Crippen LogP contribution in [0.1, 0.15) is 104 Å². The van der Waals surface area contributed by atoms with Gasteiger partial charge in [-0.15, -0.1) is 0 Å². The zero-order valence-electron chi connectivity index (χ0n) is 19.8. The van der Waals surface area contributed by atoms with E-state index >= 15 is 0 Å². The molecule has 4 nitrogen and oxygen atoms in total. The molecular formula is C23H51NO3P+. The predicted octanol–water partition coefficient (Wildman–Crippen LogP) is 7.42. The van der Waals surface area contributed by atoms with E-state index in [9.17, 15) is 4.57 Å². The van der Waals surface area contributed by atoms with Gasteiger partial charge in [0.25, 0.3) is 0 Å². The van der Waals surface area contributed by atoms with E-state index in [4.69, 9.17) is 9.05 Å². The van der Waals surface area contributed by atoms with E-state index in [1.807, 2.05) is 13.8 Å². The quantitative estimate of drug-likeness (QED) is 0.110. The van der Waals surface area contributed by atoms with E-state index < -0.39 is 7.60 Å². The van der Waals surface area contributed by atoms with E-state index in [0.717, 1.165) is 17.4 Å². The minimum Gasteiger partial charge on any atom is -0.328 e. The molecule has 0 aliphatic carbocycles. The maximum atomic E-state index is 12.5. The van der Waals surface area contributed by atoms with Crippen molar-refractivity contribution in [2.45, 2.75) is 104 Å². The van der Waals surface area contributed by atoms with E-state index in [2.05, 4.69) is 21.0 Å². The first-order chi connectivity index (χ1) is 13.4. The summed E-state index contributed by atoms with van der Waals surface area (Å²) in [6, 6.07) is 0. The molecule has 0 aromatic carbocycles. The summed E-state index contributed by atoms with van der Waals surface area (Å²) >= 11 is 0. The summed E-state index contributed by atoms with van der Waals surface area (Å²) in [4.78, 5) is 0. The van der Waals surface area contributed by atoms with E-state index in [1.165, 1.54) is 83.6 Å². The van der Waals surface area contributed by atoms with E-state index in [1.54, 1.807) is 0 Å². The lowest BCUT2D eigenvalue weighted by Gasteiger charge is -2.30. The van der Waals surface area contributed by atoms with Crippen LogP contribution in [0.4, 0.5) is 0 Å². The normalized spacial score (nSPS) is 12.6. The molecule has 0 aromatic rings. The lowest BCUT2D eigenvalue weighted by atomic mass is 10.1. The van der Waals surface area contributed by atoms with Crippen molar-refractivity contribution in [3.05, 3.63) is 0 Å². The fraction of sp³-hybridized carbons (Fsp3) is 1.00. The molecule has 0 unspecified atom stereocenters. The molecule has 0 atom stereocenters. The summed E-state index contributed by atoms with van der Waals surface area (Å²) in [6.07, 6.45) is 18.2. The number of nitrogens with zero attached hydrogens (tertiary/aromatic N) is 1. The van der Waals surface area contributed by atoms with Crippen LogP contribution < -0.4 is 0 Å². The van der Waals surface area contributed by atoms with Crippen molar-refractivity contribution in [2.75, 3.05) is 46.6 Å². The van der Waals surface area contributed by atoms with Gasteiger partial charge in [-0.1, -0.05) is 71.1 Å². The molecule has 28 heavy (non-hydrogen) atoms. The van der Waals surface area contributed by atoms with Crippen molar-refractivity contribution in [1.29, 1.82) is 0 Å². The van der Waals surface area contributed by atoms with Crippen molar-refractivity contribution in [3.8, 4) is 0 Å². The van der Waals surface area contributed by atoms with Crippen LogP contribution >= 0.6 is 7.60 Å². The average Bonchev–Trinajstić information content (AvgIpc) is 2.62. The number of hydrogen-bond donors (Lipinski definition) is 0. The maximum Gasteiger partial charge on any atom is 0.330 e. The maximum absolute atomic E-state index is 12.5. The molecule has 0 aliphatic rings. The molecule has 0 aromatic heterocycles. The Kier molecular flexibility index (Phi) is 18.0. The van der Waals surface area contributed by atoms with Gasteiger partial charge in [0.1, 0.15) is 0 Å². The Labute approximate surface area is 176 Å². The van der Waals surface area contributed by atoms with Gasteiger partial charge < -0.3 is 13.5 Å². The summed E-state index contributed by atoms with van der Waals surface area (Å²) in [5.41, 5.74) is 0. The van der Waals surface area contributed by atoms with Gasteiger partial charge in [0.15, 0.2) is 0 Å². The second kappa shape index (κ2) is 17.9. The first kappa shape index (κ1) is 28.1. The molecule has 0 fully saturated rings. The Morgan fingerprint density at radius 2 is 1.00 bits per heavy atom. The summed E-state index contributed by atoms with van der Waals surface area (Å²) in [7, 11) is 1.69. The number of rotatable bonds is 21. The van der Waals surface area contributed by atoms with Crippen molar-refractivity contribution < 1.29 is 18.1 Å². The van der Waals surface area contributed by atoms with Gasteiger partial charge in [-0.05, 0) is 26.7 Å². The van der Waals surface area contributed by atoms with Gasteiger partial charge in [0.05, 0.1) is 46.6 Å². The van der Waals surface area contributed by atoms with Crippen LogP contribution in [0.5, 0.6) is 0 Å². The van der Waals surface area contributed by atoms with Gasteiger partial charge in [-0.2, -0.15) is 0 Å². The minimum absolute atomic E-state index is 0.453. The Balaban J connectivity index is 3.65. The molecule has 0 rings (SSSR count). The number of unbranched alkanes of at least 4 members (excludes halogenated alkanes) is 11. The van der Waals surface area contributed by atoms with Crippen LogP contribution in [0.15, 0.2) is 0 Å². The van der Waals surface area contributed by atoms with Crippen LogP contribution in [0, 0.1) is 0 Å². The van der Waals surface area contributed by atoms with Crippen molar-refractivity contribution in [2.24, 2.45) is 0 Å². The Morgan fingerprint density at radius 1 is 0.607 bits per heavy atom. The molecule has 0 bridgehead atoms. The molecule has 0 radical (unpaired) electrons. The van der Waals surface area contributed by atoms with Gasteiger partial charge in [0.2, 0.25) is 0 Å². The largest absolute Gasteiger partial charge is 0.330 e. The predicted molar refractivity (Wildman–Crippen MR) is 123 cm³/mol. The van der Waals surface area contributed by atoms with Crippen LogP contribution in [0.25, 0.3) is 0 Å². The molecule has 0 aliphatic heterocycles. The Morgan fingerprint density at radius 3 is 1.43 bits per heavy atom. The zero-order chi connectivity index (χ0) is 21.1. The lowest BCUT2D eigenvalue weighted by molar-refractivity contribution is -0.890. The van der Waals surface area contributed by atoms with Gasteiger partial charge >= 0.3 is 7.60 Å². The van der Waals surface area contributed by atoms with Crippen molar-refractivity contribution >= 4 is 7.60 Å². The molecule has 170 valence electrons. The lowest BCUT2D eigenvalue weighted by Crippen LogP contribution is -2.41. The molecule has 5 heteroatoms. The standard InChI is InChI=1S/C23H51NO3P/c1-6-9-10-11-12-13-14-15-16-17-18-19-21-24(4,5)22-20-23-28(25,26-7-2)27-8-3/h6-23H2,1-5H3/q+1. The molecular weight excluding hydrogens is 369 g/mol. The van der Waals surface area contributed by atoms with Gasteiger partial charge in [-0.3, -0.25) is 4.57 Å². The highest BCUT2D eigenvalue weighted by Crippen LogP contribution is 2.48. The monoisotopic (exact) mass is 420 g/mol. The molecule has 0 saturated heterocycles. The number of hydrogen-bond acceptors (Lipinski definition) is 3. The van der Waals surface area contributed by atoms with E-state index in [0.29, 0.717) is 19.4 Å². The van der Waals surface area contributed by atoms with Crippen molar-refractivity contribution in [1.82, 2.24) is 0 Å². The highest BCUT2D eigenvalue weighted by molar-refractivity contribution is 7.53. The topological polar surface area (TPSA) is 35.5 Å². The molecule has 0 N–H and O–H groups in total. The highest BCUT2D eigenvalue weighted by atomic mass is 31.2. The zero-order valence-corrected chi connectivity index (χ0v) is 20.7. The summed E-state index contributed by atoms with van der Waals surface area (Å²) in [5.74, 6) is 0. The molecule has 0 heterocycles. The second-order valence-corrected chi connectivity index (χ2v) is 11.0. The van der Waals surface area contributed by atoms with Crippen LogP contribution in [-0.4, -0.2) is 51.0 Å². The third-order valence-electron chi connectivity index (χ3n) is 5.46. The Bertz CT molecular complexity index is 378. The third kappa shape index (κ3) is 17.0. The summed E-state index contributed by atoms with van der Waals surface area (Å²) < 4.78 is 24.3. The Hall–Kier alpha value is 0.110. The van der Waals surface area contributed by atoms with Crippen LogP contribution in [-0.2, 0) is 13.6 Å². The molecule has 0 spiro atoms. The van der Waals surface area contributed by atoms with Crippen LogP contribution in [0.2, 0.25) is 0 Å². The second-order valence-electron chi connectivity index (χ2n) is 8.80. The average molecular weight is 421 g/mol. The SMILES string of the molecule is CCCCCCCCCCCCCC[N+](C)(C)CCCP(=O)(OCC)OCC. The minimum atomic E-state index is -2.87. The fourth-order valence-electron chi connectivity index (χ4n) is 3.74. The van der Waals surface area contributed by atoms with Gasteiger partial charge in [0, 0.05) is 6.42 Å². The summed E-state index contributed by atoms with van der Waals surface area (Å²) in [6.45, 7) is 9.16. The van der Waals surface area contributed by atoms with E-state index in [-0.39, 0.29) is 0 Å². The smallest absolute Gasteiger partial charge is 0.328 e. The summed E-state index contributed by atoms with van der Waals surface area (Å²) in [5, 5.41) is 0. The fourth-order valence-corrected chi connectivity index (χ4v) is 5.39. The highest BCUT2D eigenvalue weighted by Gasteiger charge is 2.25. The van der Waals surface area contributed by atoms with Gasteiger partial charge in [-0.25, -0.2) is 0 Å². The first-order valence-electron chi connectivity index (χ1n) is 12.1. The van der Waals surface area contributed by atoms with Crippen LogP contribution in [0.3, 0.4) is 0 Å². The first-order valence-corrected chi connectivity index (χ1v) is 13.8. The number of quaternary nitrogens is 1. The molecule has 0 amide bonds. The molecule has 0 saturated carbocycles.